The Hall–Kier alpha value is -2.51. The molecule has 3 aliphatic heterocycles. The number of piperidine rings is 1. The van der Waals surface area contributed by atoms with Crippen molar-refractivity contribution in [1.82, 2.24) is 20.7 Å². The number of carbonyl (C=O) groups excluding carboxylic acids is 1. The molecule has 4 heterocycles. The van der Waals surface area contributed by atoms with Gasteiger partial charge in [0.1, 0.15) is 5.75 Å². The van der Waals surface area contributed by atoms with Crippen LogP contribution in [0.1, 0.15) is 33.5 Å². The van der Waals surface area contributed by atoms with E-state index in [0.717, 1.165) is 42.8 Å². The summed E-state index contributed by atoms with van der Waals surface area (Å²) in [5.74, 6) is 1.27. The summed E-state index contributed by atoms with van der Waals surface area (Å²) in [6.45, 7) is 4.10. The third kappa shape index (κ3) is 2.91. The van der Waals surface area contributed by atoms with E-state index in [-0.39, 0.29) is 26.8 Å². The summed E-state index contributed by atoms with van der Waals surface area (Å²) in [4.78, 5) is 18.9. The number of carbonyl (C=O) groups is 1. The number of hydrogen-bond acceptors (Lipinski definition) is 5. The van der Waals surface area contributed by atoms with Gasteiger partial charge in [-0.25, -0.2) is 5.43 Å². The molecule has 1 saturated heterocycles. The maximum absolute atomic E-state index is 12.6. The zero-order valence-electron chi connectivity index (χ0n) is 17.1. The molecule has 0 spiro atoms. The Bertz CT molecular complexity index is 993. The Morgan fingerprint density at radius 2 is 2.28 bits per heavy atom. The van der Waals surface area contributed by atoms with Crippen molar-refractivity contribution in [3.63, 3.8) is 0 Å². The number of nitrogens with one attached hydrogen (secondary N) is 3. The monoisotopic (exact) mass is 400 g/mol. The fourth-order valence-electron chi connectivity index (χ4n) is 5.44. The first-order valence-corrected chi connectivity index (χ1v) is 10.4. The van der Waals surface area contributed by atoms with Crippen LogP contribution in [0.4, 0.5) is 0 Å². The van der Waals surface area contributed by atoms with E-state index in [1.807, 2.05) is 6.07 Å². The van der Waals surface area contributed by atoms with Crippen LogP contribution in [-0.4, -0.2) is 49.1 Å². The van der Waals surface area contributed by atoms with Gasteiger partial charge < -0.3 is 14.5 Å². The highest BCUT2D eigenvalue weighted by Crippen LogP contribution is 2.47. The molecule has 7 nitrogen and oxygen atoms in total. The van der Waals surface area contributed by atoms with E-state index in [9.17, 15) is 4.79 Å². The van der Waals surface area contributed by atoms with E-state index in [4.69, 9.17) is 9.47 Å². The summed E-state index contributed by atoms with van der Waals surface area (Å²) in [6, 6.07) is 6.55. The Morgan fingerprint density at radius 3 is 3.07 bits per heavy atom. The molecule has 3 aliphatic rings. The number of amides is 1. The first-order valence-electron chi connectivity index (χ1n) is 10.4. The molecule has 0 bridgehead atoms. The maximum atomic E-state index is 12.6. The summed E-state index contributed by atoms with van der Waals surface area (Å²) in [5, 5.41) is 1.28. The summed E-state index contributed by atoms with van der Waals surface area (Å²) in [6.07, 6.45) is 3.74. The van der Waals surface area contributed by atoms with Crippen LogP contribution in [-0.2, 0) is 16.0 Å². The van der Waals surface area contributed by atoms with Crippen molar-refractivity contribution < 1.29 is 17.1 Å². The fraction of sp³-hybridized carbons (Fsp3) is 0.500. The van der Waals surface area contributed by atoms with Gasteiger partial charge in [0.05, 0.1) is 31.1 Å². The number of fused-ring (bicyclic) bond motifs is 6. The lowest BCUT2D eigenvalue weighted by molar-refractivity contribution is -0.121. The summed E-state index contributed by atoms with van der Waals surface area (Å²) < 4.78 is 11.3. The van der Waals surface area contributed by atoms with Gasteiger partial charge in [-0.15, -0.1) is 0 Å². The Balaban J connectivity index is 0.00000136. The number of aromatic nitrogens is 1. The molecule has 2 aromatic rings. The lowest BCUT2D eigenvalue weighted by Crippen LogP contribution is -2.52. The minimum Gasteiger partial charge on any atom is -0.497 e. The van der Waals surface area contributed by atoms with Crippen LogP contribution >= 0.6 is 0 Å². The molecule has 0 saturated carbocycles. The fourth-order valence-corrected chi connectivity index (χ4v) is 5.44. The topological polar surface area (TPSA) is 78.6 Å². The van der Waals surface area contributed by atoms with Crippen molar-refractivity contribution in [2.24, 2.45) is 11.8 Å². The number of hydrogen-bond donors (Lipinski definition) is 3. The molecule has 1 aromatic carbocycles. The van der Waals surface area contributed by atoms with Crippen LogP contribution in [0.15, 0.2) is 30.0 Å². The van der Waals surface area contributed by atoms with Crippen LogP contribution in [0.5, 0.6) is 5.75 Å². The second-order valence-corrected chi connectivity index (χ2v) is 8.31. The van der Waals surface area contributed by atoms with Gasteiger partial charge in [0.15, 0.2) is 0 Å². The van der Waals surface area contributed by atoms with Crippen molar-refractivity contribution in [3.8, 4) is 5.75 Å². The number of H-pyrrole nitrogens is 1. The Morgan fingerprint density at radius 1 is 1.41 bits per heavy atom. The quantitative estimate of drug-likeness (QED) is 0.691. The maximum Gasteiger partial charge on any atom is 0.264 e. The molecule has 3 N–H and O–H groups in total. The van der Waals surface area contributed by atoms with Gasteiger partial charge in [0.25, 0.3) is 5.91 Å². The third-order valence-electron chi connectivity index (χ3n) is 6.92. The summed E-state index contributed by atoms with van der Waals surface area (Å²) >= 11 is 0. The van der Waals surface area contributed by atoms with Crippen molar-refractivity contribution in [2.75, 3.05) is 27.2 Å². The second-order valence-electron chi connectivity index (χ2n) is 8.31. The number of hydrazine groups is 1. The molecule has 5 rings (SSSR count). The minimum absolute atomic E-state index is 0. The second kappa shape index (κ2) is 7.07. The van der Waals surface area contributed by atoms with E-state index in [1.165, 1.54) is 16.6 Å². The summed E-state index contributed by atoms with van der Waals surface area (Å²) in [7, 11) is 3.40. The molecule has 2 unspecified atom stereocenters. The molecule has 7 heteroatoms. The Labute approximate surface area is 173 Å². The molecular formula is C22H32N4O3. The molecule has 0 radical (unpaired) electrons. The summed E-state index contributed by atoms with van der Waals surface area (Å²) in [5.41, 5.74) is 10.0. The predicted octanol–water partition coefficient (Wildman–Crippen LogP) is 2.76. The van der Waals surface area contributed by atoms with Crippen molar-refractivity contribution >= 4 is 16.8 Å². The minimum atomic E-state index is -0.0970. The van der Waals surface area contributed by atoms with E-state index in [0.29, 0.717) is 5.92 Å². The molecule has 4 atom stereocenters. The number of aromatic amines is 1. The third-order valence-corrected chi connectivity index (χ3v) is 6.92. The van der Waals surface area contributed by atoms with Crippen LogP contribution in [0.25, 0.3) is 10.9 Å². The molecule has 0 aliphatic carbocycles. The van der Waals surface area contributed by atoms with Crippen molar-refractivity contribution in [3.05, 3.63) is 41.3 Å². The molecule has 29 heavy (non-hydrogen) atoms. The first-order chi connectivity index (χ1) is 14.1. The standard InChI is InChI=1S/C22H28N4O3.2H2/c1-12-17-10-26-7-6-15-14-5-4-13(28-3)8-19(14)24-21(15)20(26)9-16(17)18(11-29-12)22(27)25-23-2;;/h4-5,8,11-12,16-17,20,23-24H,6-7,9-10H2,1-3H3,(H,25,27);2*1H/t12-,16?,17+,20?;;/m0../s1. The number of nitrogens with zero attached hydrogens (tertiary/aromatic N) is 1. The molecular weight excluding hydrogens is 368 g/mol. The average Bonchev–Trinajstić information content (AvgIpc) is 3.11. The lowest BCUT2D eigenvalue weighted by Gasteiger charge is -2.49. The normalized spacial score (nSPS) is 28.6. The highest BCUT2D eigenvalue weighted by molar-refractivity contribution is 5.93. The highest BCUT2D eigenvalue weighted by Gasteiger charge is 2.46. The number of rotatable bonds is 3. The first kappa shape index (κ1) is 18.5. The average molecular weight is 401 g/mol. The number of benzene rings is 1. The van der Waals surface area contributed by atoms with Crippen LogP contribution in [0.3, 0.4) is 0 Å². The van der Waals surface area contributed by atoms with Gasteiger partial charge >= 0.3 is 0 Å². The van der Waals surface area contributed by atoms with Gasteiger partial charge in [-0.05, 0) is 37.5 Å². The van der Waals surface area contributed by atoms with E-state index < -0.39 is 0 Å². The molecule has 1 fully saturated rings. The van der Waals surface area contributed by atoms with E-state index in [1.54, 1.807) is 20.4 Å². The van der Waals surface area contributed by atoms with Crippen LogP contribution in [0.2, 0.25) is 0 Å². The van der Waals surface area contributed by atoms with Crippen LogP contribution < -0.4 is 15.6 Å². The van der Waals surface area contributed by atoms with Crippen molar-refractivity contribution in [1.29, 1.82) is 0 Å². The Kier molecular flexibility index (Phi) is 4.52. The van der Waals surface area contributed by atoms with Gasteiger partial charge in [-0.2, -0.15) is 0 Å². The smallest absolute Gasteiger partial charge is 0.264 e. The highest BCUT2D eigenvalue weighted by atomic mass is 16.5. The van der Waals surface area contributed by atoms with Crippen LogP contribution in [0, 0.1) is 11.8 Å². The predicted molar refractivity (Wildman–Crippen MR) is 115 cm³/mol. The van der Waals surface area contributed by atoms with Gasteiger partial charge in [0.2, 0.25) is 0 Å². The zero-order chi connectivity index (χ0) is 20.1. The number of ether oxygens (including phenoxy) is 2. The van der Waals surface area contributed by atoms with Gasteiger partial charge in [-0.1, -0.05) is 0 Å². The SMILES string of the molecule is CNNC(=O)C1=CO[C@@H](C)[C@H]2CN3CCc4c([nH]c5cc(OC)ccc45)C3CC12.[HH].[HH]. The zero-order valence-corrected chi connectivity index (χ0v) is 17.1. The molecule has 158 valence electrons. The van der Waals surface area contributed by atoms with E-state index in [2.05, 4.69) is 39.8 Å². The molecule has 1 aromatic heterocycles. The molecule has 1 amide bonds. The lowest BCUT2D eigenvalue weighted by atomic mass is 9.72. The van der Waals surface area contributed by atoms with Crippen molar-refractivity contribution in [2.45, 2.75) is 31.9 Å². The number of methoxy groups -OCH3 is 1. The van der Waals surface area contributed by atoms with Gasteiger partial charge in [-0.3, -0.25) is 15.1 Å². The largest absolute Gasteiger partial charge is 0.497 e. The van der Waals surface area contributed by atoms with Gasteiger partial charge in [0, 0.05) is 57.5 Å². The van der Waals surface area contributed by atoms with E-state index >= 15 is 0 Å².